The molecule has 0 radical (unpaired) electrons. The highest BCUT2D eigenvalue weighted by Crippen LogP contribution is 2.16. The fourth-order valence-electron chi connectivity index (χ4n) is 1.88. The molecule has 0 amide bonds. The lowest BCUT2D eigenvalue weighted by molar-refractivity contribution is 0.198. The van der Waals surface area contributed by atoms with E-state index in [2.05, 4.69) is 44.6 Å². The Morgan fingerprint density at radius 2 is 2.42 bits per heavy atom. The maximum atomic E-state index is 4.99. The van der Waals surface area contributed by atoms with Crippen LogP contribution >= 0.6 is 11.3 Å². The normalized spacial score (nSPS) is 12.7. The zero-order valence-electron chi connectivity index (χ0n) is 11.2. The molecular formula is C12H19N5OS. The van der Waals surface area contributed by atoms with Gasteiger partial charge in [-0.05, 0) is 46.2 Å². The molecule has 1 unspecified atom stereocenters. The summed E-state index contributed by atoms with van der Waals surface area (Å²) in [6, 6.07) is 2.39. The largest absolute Gasteiger partial charge is 0.383 e. The number of nitrogens with one attached hydrogen (secondary N) is 1. The van der Waals surface area contributed by atoms with Crippen LogP contribution in [0.3, 0.4) is 0 Å². The van der Waals surface area contributed by atoms with E-state index < -0.39 is 0 Å². The van der Waals surface area contributed by atoms with Crippen LogP contribution in [0.4, 0.5) is 0 Å². The number of hydrogen-bond donors (Lipinski definition) is 1. The third-order valence-electron chi connectivity index (χ3n) is 2.86. The first-order valence-corrected chi connectivity index (χ1v) is 7.23. The van der Waals surface area contributed by atoms with Crippen LogP contribution in [0.2, 0.25) is 0 Å². The van der Waals surface area contributed by atoms with Crippen molar-refractivity contribution in [1.29, 1.82) is 0 Å². The Bertz CT molecular complexity index is 470. The van der Waals surface area contributed by atoms with Crippen molar-refractivity contribution in [3.8, 4) is 0 Å². The summed E-state index contributed by atoms with van der Waals surface area (Å²) in [4.78, 5) is 0. The van der Waals surface area contributed by atoms with Gasteiger partial charge in [0.2, 0.25) is 0 Å². The summed E-state index contributed by atoms with van der Waals surface area (Å²) < 4.78 is 6.88. The lowest BCUT2D eigenvalue weighted by Gasteiger charge is -2.13. The zero-order chi connectivity index (χ0) is 13.5. The van der Waals surface area contributed by atoms with E-state index in [9.17, 15) is 0 Å². The zero-order valence-corrected chi connectivity index (χ0v) is 12.1. The van der Waals surface area contributed by atoms with E-state index >= 15 is 0 Å². The van der Waals surface area contributed by atoms with Crippen LogP contribution in [0.15, 0.2) is 16.8 Å². The Morgan fingerprint density at radius 1 is 1.53 bits per heavy atom. The first kappa shape index (κ1) is 14.1. The van der Waals surface area contributed by atoms with Crippen molar-refractivity contribution in [3.05, 3.63) is 28.2 Å². The summed E-state index contributed by atoms with van der Waals surface area (Å²) in [7, 11) is 1.69. The molecule has 0 aliphatic rings. The van der Waals surface area contributed by atoms with E-state index in [1.165, 1.54) is 5.56 Å². The van der Waals surface area contributed by atoms with E-state index in [1.807, 2.05) is 4.68 Å². The highest BCUT2D eigenvalue weighted by Gasteiger charge is 2.13. The van der Waals surface area contributed by atoms with Crippen LogP contribution in [0.25, 0.3) is 0 Å². The summed E-state index contributed by atoms with van der Waals surface area (Å²) in [5, 5.41) is 19.4. The average Bonchev–Trinajstić information content (AvgIpc) is 3.05. The standard InChI is InChI=1S/C12H19N5OS/c1-10(7-11-3-6-19-9-11)17-12(14-15-16-17)8-13-4-5-18-2/h3,6,9-10,13H,4-5,7-8H2,1-2H3. The molecule has 0 aromatic carbocycles. The van der Waals surface area contributed by atoms with Crippen LogP contribution in [0, 0.1) is 0 Å². The topological polar surface area (TPSA) is 64.9 Å². The number of ether oxygens (including phenoxy) is 1. The van der Waals surface area contributed by atoms with Crippen molar-refractivity contribution in [3.63, 3.8) is 0 Å². The molecule has 104 valence electrons. The fraction of sp³-hybridized carbons (Fsp3) is 0.583. The smallest absolute Gasteiger partial charge is 0.165 e. The monoisotopic (exact) mass is 281 g/mol. The van der Waals surface area contributed by atoms with Gasteiger partial charge in [0, 0.05) is 13.7 Å². The molecule has 0 bridgehead atoms. The summed E-state index contributed by atoms with van der Waals surface area (Å²) in [5.41, 5.74) is 1.33. The van der Waals surface area contributed by atoms with Gasteiger partial charge >= 0.3 is 0 Å². The van der Waals surface area contributed by atoms with Crippen LogP contribution in [0.1, 0.15) is 24.4 Å². The van der Waals surface area contributed by atoms with Crippen molar-refractivity contribution in [2.75, 3.05) is 20.3 Å². The Hall–Kier alpha value is -1.31. The maximum absolute atomic E-state index is 4.99. The van der Waals surface area contributed by atoms with Crippen molar-refractivity contribution >= 4 is 11.3 Å². The molecule has 7 heteroatoms. The quantitative estimate of drug-likeness (QED) is 0.738. The van der Waals surface area contributed by atoms with Crippen molar-refractivity contribution in [1.82, 2.24) is 25.5 Å². The molecule has 6 nitrogen and oxygen atoms in total. The first-order valence-electron chi connectivity index (χ1n) is 6.28. The van der Waals surface area contributed by atoms with Gasteiger partial charge in [0.25, 0.3) is 0 Å². The minimum atomic E-state index is 0.254. The summed E-state index contributed by atoms with van der Waals surface area (Å²) in [6.45, 7) is 4.27. The minimum absolute atomic E-state index is 0.254. The maximum Gasteiger partial charge on any atom is 0.165 e. The predicted octanol–water partition coefficient (Wildman–Crippen LogP) is 1.27. The molecule has 2 aromatic rings. The lowest BCUT2D eigenvalue weighted by atomic mass is 10.1. The van der Waals surface area contributed by atoms with Gasteiger partial charge in [-0.25, -0.2) is 4.68 Å². The molecule has 0 aliphatic heterocycles. The van der Waals surface area contributed by atoms with Gasteiger partial charge < -0.3 is 10.1 Å². The van der Waals surface area contributed by atoms with Gasteiger partial charge in [0.1, 0.15) is 0 Å². The van der Waals surface area contributed by atoms with Crippen molar-refractivity contribution < 1.29 is 4.74 Å². The number of tetrazole rings is 1. The van der Waals surface area contributed by atoms with E-state index in [0.29, 0.717) is 13.2 Å². The molecule has 1 atom stereocenters. The highest BCUT2D eigenvalue weighted by molar-refractivity contribution is 7.07. The van der Waals surface area contributed by atoms with Gasteiger partial charge in [0.05, 0.1) is 19.2 Å². The van der Waals surface area contributed by atoms with Gasteiger partial charge in [-0.3, -0.25) is 0 Å². The van der Waals surface area contributed by atoms with Gasteiger partial charge in [-0.2, -0.15) is 11.3 Å². The lowest BCUT2D eigenvalue weighted by Crippen LogP contribution is -2.23. The number of thiophene rings is 1. The van der Waals surface area contributed by atoms with Crippen LogP contribution in [0.5, 0.6) is 0 Å². The second-order valence-corrected chi connectivity index (χ2v) is 5.17. The molecule has 0 aliphatic carbocycles. The molecule has 0 saturated carbocycles. The van der Waals surface area contributed by atoms with Crippen LogP contribution < -0.4 is 5.32 Å². The molecule has 19 heavy (non-hydrogen) atoms. The SMILES string of the molecule is COCCNCc1nnnn1C(C)Cc1ccsc1. The van der Waals surface area contributed by atoms with Crippen molar-refractivity contribution in [2.45, 2.75) is 25.9 Å². The number of aromatic nitrogens is 4. The number of nitrogens with zero attached hydrogens (tertiary/aromatic N) is 4. The Balaban J connectivity index is 1.90. The third kappa shape index (κ3) is 4.09. The summed E-state index contributed by atoms with van der Waals surface area (Å²) in [5.74, 6) is 0.860. The average molecular weight is 281 g/mol. The Labute approximate surface area is 116 Å². The third-order valence-corrected chi connectivity index (χ3v) is 3.59. The molecular weight excluding hydrogens is 262 g/mol. The van der Waals surface area contributed by atoms with E-state index in [-0.39, 0.29) is 6.04 Å². The van der Waals surface area contributed by atoms with E-state index in [0.717, 1.165) is 18.8 Å². The van der Waals surface area contributed by atoms with Crippen LogP contribution in [-0.4, -0.2) is 40.5 Å². The molecule has 1 N–H and O–H groups in total. The fourth-order valence-corrected chi connectivity index (χ4v) is 2.56. The van der Waals surface area contributed by atoms with Gasteiger partial charge in [-0.1, -0.05) is 0 Å². The molecule has 2 heterocycles. The second-order valence-electron chi connectivity index (χ2n) is 4.39. The van der Waals surface area contributed by atoms with E-state index in [4.69, 9.17) is 4.74 Å². The van der Waals surface area contributed by atoms with Gasteiger partial charge in [-0.15, -0.1) is 5.10 Å². The predicted molar refractivity (Wildman–Crippen MR) is 74.1 cm³/mol. The molecule has 0 saturated heterocycles. The Morgan fingerprint density at radius 3 is 3.16 bits per heavy atom. The first-order chi connectivity index (χ1) is 9.31. The van der Waals surface area contributed by atoms with Gasteiger partial charge in [0.15, 0.2) is 5.82 Å². The second kappa shape index (κ2) is 7.32. The molecule has 2 rings (SSSR count). The van der Waals surface area contributed by atoms with Crippen molar-refractivity contribution in [2.24, 2.45) is 0 Å². The van der Waals surface area contributed by atoms with Crippen LogP contribution in [-0.2, 0) is 17.7 Å². The number of rotatable bonds is 8. The van der Waals surface area contributed by atoms with E-state index in [1.54, 1.807) is 18.4 Å². The highest BCUT2D eigenvalue weighted by atomic mass is 32.1. The summed E-state index contributed by atoms with van der Waals surface area (Å²) in [6.07, 6.45) is 0.944. The molecule has 2 aromatic heterocycles. The minimum Gasteiger partial charge on any atom is -0.383 e. The number of hydrogen-bond acceptors (Lipinski definition) is 6. The Kier molecular flexibility index (Phi) is 5.44. The molecule has 0 fully saturated rings. The number of methoxy groups -OCH3 is 1. The summed E-state index contributed by atoms with van der Waals surface area (Å²) >= 11 is 1.72. The molecule has 0 spiro atoms.